The summed E-state index contributed by atoms with van der Waals surface area (Å²) in [4.78, 5) is 13.4. The molecule has 0 aromatic heterocycles. The minimum atomic E-state index is 0.315. The van der Waals surface area contributed by atoms with E-state index in [1.807, 2.05) is 4.90 Å². The predicted molar refractivity (Wildman–Crippen MR) is 53.6 cm³/mol. The summed E-state index contributed by atoms with van der Waals surface area (Å²) in [6, 6.07) is 0.402. The second-order valence-electron chi connectivity index (χ2n) is 3.69. The van der Waals surface area contributed by atoms with Crippen molar-refractivity contribution < 1.29 is 4.79 Å². The predicted octanol–water partition coefficient (Wildman–Crippen LogP) is 0.997. The molecule has 1 rings (SSSR count). The van der Waals surface area contributed by atoms with Gasteiger partial charge in [-0.3, -0.25) is 4.79 Å². The van der Waals surface area contributed by atoms with Crippen molar-refractivity contribution in [2.24, 2.45) is 0 Å². The summed E-state index contributed by atoms with van der Waals surface area (Å²) in [5.41, 5.74) is 0. The number of carbonyl (C=O) groups excluding carboxylic acids is 1. The maximum Gasteiger partial charge on any atom is 0.224 e. The van der Waals surface area contributed by atoms with E-state index in [4.69, 9.17) is 0 Å². The third kappa shape index (κ3) is 2.99. The molecule has 1 atom stereocenters. The Kier molecular flexibility index (Phi) is 4.22. The Labute approximate surface area is 80.5 Å². The molecule has 1 amide bonds. The summed E-state index contributed by atoms with van der Waals surface area (Å²) in [7, 11) is 0. The fourth-order valence-corrected chi connectivity index (χ4v) is 1.74. The van der Waals surface area contributed by atoms with Crippen molar-refractivity contribution in [1.82, 2.24) is 10.2 Å². The molecule has 1 fully saturated rings. The van der Waals surface area contributed by atoms with Crippen molar-refractivity contribution in [2.75, 3.05) is 19.6 Å². The maximum absolute atomic E-state index is 11.4. The molecule has 0 bridgehead atoms. The van der Waals surface area contributed by atoms with E-state index in [2.05, 4.69) is 19.2 Å². The Balaban J connectivity index is 2.27. The van der Waals surface area contributed by atoms with Crippen LogP contribution in [-0.4, -0.2) is 36.5 Å². The van der Waals surface area contributed by atoms with E-state index in [-0.39, 0.29) is 0 Å². The molecular weight excluding hydrogens is 164 g/mol. The molecule has 0 radical (unpaired) electrons. The van der Waals surface area contributed by atoms with Crippen LogP contribution < -0.4 is 5.32 Å². The van der Waals surface area contributed by atoms with E-state index in [0.717, 1.165) is 32.5 Å². The van der Waals surface area contributed by atoms with Gasteiger partial charge < -0.3 is 10.2 Å². The average Bonchev–Trinajstić information content (AvgIpc) is 2.45. The van der Waals surface area contributed by atoms with Gasteiger partial charge in [0, 0.05) is 25.6 Å². The van der Waals surface area contributed by atoms with Gasteiger partial charge in [-0.1, -0.05) is 13.8 Å². The van der Waals surface area contributed by atoms with Gasteiger partial charge in [0.15, 0.2) is 0 Å². The summed E-state index contributed by atoms with van der Waals surface area (Å²) in [6.45, 7) is 7.11. The molecule has 76 valence electrons. The van der Waals surface area contributed by atoms with Gasteiger partial charge in [0.2, 0.25) is 5.91 Å². The number of nitrogens with one attached hydrogen (secondary N) is 1. The number of hydrogen-bond acceptors (Lipinski definition) is 2. The van der Waals surface area contributed by atoms with Crippen molar-refractivity contribution in [2.45, 2.75) is 39.2 Å². The van der Waals surface area contributed by atoms with Crippen LogP contribution in [0.4, 0.5) is 0 Å². The molecule has 1 saturated heterocycles. The van der Waals surface area contributed by atoms with Gasteiger partial charge >= 0.3 is 0 Å². The lowest BCUT2D eigenvalue weighted by molar-refractivity contribution is -0.127. The number of likely N-dealkylation sites (tertiary alicyclic amines) is 1. The number of nitrogens with zero attached hydrogens (tertiary/aromatic N) is 1. The zero-order valence-corrected chi connectivity index (χ0v) is 8.68. The lowest BCUT2D eigenvalue weighted by Crippen LogP contribution is -2.33. The molecule has 0 aromatic carbocycles. The number of rotatable bonds is 5. The quantitative estimate of drug-likeness (QED) is 0.691. The third-order valence-corrected chi connectivity index (χ3v) is 2.39. The summed E-state index contributed by atoms with van der Waals surface area (Å²) in [5.74, 6) is 0.315. The van der Waals surface area contributed by atoms with Crippen molar-refractivity contribution in [3.63, 3.8) is 0 Å². The van der Waals surface area contributed by atoms with Crippen LogP contribution in [0.5, 0.6) is 0 Å². The minimum Gasteiger partial charge on any atom is -0.341 e. The molecule has 0 aliphatic carbocycles. The van der Waals surface area contributed by atoms with E-state index in [0.29, 0.717) is 18.4 Å². The largest absolute Gasteiger partial charge is 0.341 e. The topological polar surface area (TPSA) is 32.3 Å². The van der Waals surface area contributed by atoms with Crippen LogP contribution in [0.3, 0.4) is 0 Å². The van der Waals surface area contributed by atoms with E-state index in [1.54, 1.807) is 0 Å². The van der Waals surface area contributed by atoms with E-state index in [1.165, 1.54) is 0 Å². The Morgan fingerprint density at radius 2 is 2.23 bits per heavy atom. The van der Waals surface area contributed by atoms with Crippen LogP contribution in [0.25, 0.3) is 0 Å². The van der Waals surface area contributed by atoms with Crippen LogP contribution in [0.1, 0.15) is 33.1 Å². The second kappa shape index (κ2) is 5.22. The highest BCUT2D eigenvalue weighted by atomic mass is 16.2. The zero-order chi connectivity index (χ0) is 9.68. The Hall–Kier alpha value is -0.570. The lowest BCUT2D eigenvalue weighted by Gasteiger charge is -2.15. The third-order valence-electron chi connectivity index (χ3n) is 2.39. The molecule has 1 N–H and O–H groups in total. The molecule has 1 unspecified atom stereocenters. The second-order valence-corrected chi connectivity index (χ2v) is 3.69. The highest BCUT2D eigenvalue weighted by Crippen LogP contribution is 2.10. The summed E-state index contributed by atoms with van der Waals surface area (Å²) < 4.78 is 0. The molecule has 0 spiro atoms. The van der Waals surface area contributed by atoms with Crippen molar-refractivity contribution in [1.29, 1.82) is 0 Å². The SMILES string of the molecule is CCCNC1CC(=O)N(CCC)C1. The minimum absolute atomic E-state index is 0.315. The fourth-order valence-electron chi connectivity index (χ4n) is 1.74. The molecule has 3 nitrogen and oxygen atoms in total. The average molecular weight is 184 g/mol. The lowest BCUT2D eigenvalue weighted by atomic mass is 10.2. The van der Waals surface area contributed by atoms with Gasteiger partial charge in [-0.2, -0.15) is 0 Å². The standard InChI is InChI=1S/C10H20N2O/c1-3-5-11-9-7-10(13)12(8-9)6-4-2/h9,11H,3-8H2,1-2H3. The van der Waals surface area contributed by atoms with Gasteiger partial charge in [-0.25, -0.2) is 0 Å². The fraction of sp³-hybridized carbons (Fsp3) is 0.900. The summed E-state index contributed by atoms with van der Waals surface area (Å²) in [5, 5.41) is 3.39. The Morgan fingerprint density at radius 3 is 2.85 bits per heavy atom. The van der Waals surface area contributed by atoms with Crippen LogP contribution in [-0.2, 0) is 4.79 Å². The van der Waals surface area contributed by atoms with E-state index >= 15 is 0 Å². The first kappa shape index (κ1) is 10.5. The van der Waals surface area contributed by atoms with Gasteiger partial charge in [0.1, 0.15) is 0 Å². The molecule has 3 heteroatoms. The van der Waals surface area contributed by atoms with Crippen molar-refractivity contribution in [3.8, 4) is 0 Å². The molecule has 13 heavy (non-hydrogen) atoms. The number of amides is 1. The number of carbonyl (C=O) groups is 1. The first-order valence-electron chi connectivity index (χ1n) is 5.29. The Bertz CT molecular complexity index is 170. The zero-order valence-electron chi connectivity index (χ0n) is 8.68. The van der Waals surface area contributed by atoms with Gasteiger partial charge in [0.25, 0.3) is 0 Å². The highest BCUT2D eigenvalue weighted by molar-refractivity contribution is 5.79. The summed E-state index contributed by atoms with van der Waals surface area (Å²) >= 11 is 0. The van der Waals surface area contributed by atoms with Gasteiger partial charge in [-0.15, -0.1) is 0 Å². The number of hydrogen-bond donors (Lipinski definition) is 1. The maximum atomic E-state index is 11.4. The first-order valence-corrected chi connectivity index (χ1v) is 5.29. The molecular formula is C10H20N2O. The molecule has 1 aliphatic heterocycles. The van der Waals surface area contributed by atoms with Crippen LogP contribution in [0.15, 0.2) is 0 Å². The summed E-state index contributed by atoms with van der Waals surface area (Å²) in [6.07, 6.45) is 2.89. The van der Waals surface area contributed by atoms with Gasteiger partial charge in [-0.05, 0) is 19.4 Å². The smallest absolute Gasteiger partial charge is 0.224 e. The van der Waals surface area contributed by atoms with Crippen LogP contribution in [0, 0.1) is 0 Å². The monoisotopic (exact) mass is 184 g/mol. The normalized spacial score (nSPS) is 22.8. The Morgan fingerprint density at radius 1 is 1.46 bits per heavy atom. The highest BCUT2D eigenvalue weighted by Gasteiger charge is 2.27. The first-order chi connectivity index (χ1) is 6.27. The van der Waals surface area contributed by atoms with E-state index < -0.39 is 0 Å². The molecule has 1 heterocycles. The molecule has 0 saturated carbocycles. The van der Waals surface area contributed by atoms with Crippen LogP contribution in [0.2, 0.25) is 0 Å². The van der Waals surface area contributed by atoms with E-state index in [9.17, 15) is 4.79 Å². The van der Waals surface area contributed by atoms with Crippen molar-refractivity contribution >= 4 is 5.91 Å². The van der Waals surface area contributed by atoms with Gasteiger partial charge in [0.05, 0.1) is 0 Å². The molecule has 1 aliphatic rings. The molecule has 0 aromatic rings. The van der Waals surface area contributed by atoms with Crippen LogP contribution >= 0.6 is 0 Å². The van der Waals surface area contributed by atoms with Crippen molar-refractivity contribution in [3.05, 3.63) is 0 Å².